The number of aryl methyl sites for hydroxylation is 2. The molecule has 3 nitrogen and oxygen atoms in total. The van der Waals surface area contributed by atoms with Gasteiger partial charge < -0.3 is 14.6 Å². The molecule has 14 heavy (non-hydrogen) atoms. The lowest BCUT2D eigenvalue weighted by Crippen LogP contribution is -2.22. The van der Waals surface area contributed by atoms with Crippen LogP contribution in [0.25, 0.3) is 0 Å². The molecule has 0 amide bonds. The minimum atomic E-state index is -1.02. The third kappa shape index (κ3) is 2.76. The lowest BCUT2D eigenvalue weighted by molar-refractivity contribution is -0.305. The van der Waals surface area contributed by atoms with Crippen LogP contribution in [-0.4, -0.2) is 13.1 Å². The van der Waals surface area contributed by atoms with Crippen molar-refractivity contribution < 1.29 is 14.6 Å². The summed E-state index contributed by atoms with van der Waals surface area (Å²) in [4.78, 5) is 10.3. The zero-order valence-corrected chi connectivity index (χ0v) is 8.37. The second-order valence-corrected chi connectivity index (χ2v) is 3.18. The maximum absolute atomic E-state index is 10.3. The minimum absolute atomic E-state index is 0.0478. The van der Waals surface area contributed by atoms with E-state index in [-0.39, 0.29) is 6.42 Å². The van der Waals surface area contributed by atoms with Crippen LogP contribution in [0.2, 0.25) is 0 Å². The van der Waals surface area contributed by atoms with Gasteiger partial charge in [0.2, 0.25) is 0 Å². The molecule has 0 saturated carbocycles. The van der Waals surface area contributed by atoms with E-state index >= 15 is 0 Å². The van der Waals surface area contributed by atoms with Gasteiger partial charge in [-0.05, 0) is 37.0 Å². The van der Waals surface area contributed by atoms with Crippen molar-refractivity contribution in [1.82, 2.24) is 0 Å². The number of rotatable bonds is 4. The number of ether oxygens (including phenoxy) is 1. The molecule has 0 heterocycles. The zero-order chi connectivity index (χ0) is 10.6. The summed E-state index contributed by atoms with van der Waals surface area (Å²) in [5, 5.41) is 10.3. The van der Waals surface area contributed by atoms with Crippen LogP contribution in [-0.2, 0) is 11.2 Å². The maximum Gasteiger partial charge on any atom is 0.122 e. The van der Waals surface area contributed by atoms with Crippen molar-refractivity contribution >= 4 is 5.97 Å². The smallest absolute Gasteiger partial charge is 0.122 e. The Labute approximate surface area is 83.3 Å². The number of carbonyl (C=O) groups is 1. The number of hydrogen-bond donors (Lipinski definition) is 0. The molecule has 0 spiro atoms. The first-order chi connectivity index (χ1) is 6.63. The highest BCUT2D eigenvalue weighted by Crippen LogP contribution is 2.19. The molecular weight excluding hydrogens is 180 g/mol. The topological polar surface area (TPSA) is 49.4 Å². The first-order valence-electron chi connectivity index (χ1n) is 4.47. The highest BCUT2D eigenvalue weighted by atomic mass is 16.5. The predicted octanol–water partition coefficient (Wildman–Crippen LogP) is 0.686. The summed E-state index contributed by atoms with van der Waals surface area (Å²) in [5.41, 5.74) is 2.00. The summed E-state index contributed by atoms with van der Waals surface area (Å²) in [5.74, 6) is -0.231. The Balaban J connectivity index is 2.74. The van der Waals surface area contributed by atoms with Gasteiger partial charge in [0.15, 0.2) is 0 Å². The van der Waals surface area contributed by atoms with Gasteiger partial charge >= 0.3 is 0 Å². The summed E-state index contributed by atoms with van der Waals surface area (Å²) in [6.45, 7) is 1.95. The van der Waals surface area contributed by atoms with Crippen LogP contribution in [0.3, 0.4) is 0 Å². The molecule has 0 aromatic heterocycles. The Bertz CT molecular complexity index is 331. The lowest BCUT2D eigenvalue weighted by atomic mass is 10.1. The molecular formula is C11H13O3-. The molecule has 0 fully saturated rings. The number of carboxylic acid groups (broad SMARTS) is 1. The molecule has 0 unspecified atom stereocenters. The molecule has 1 aromatic rings. The van der Waals surface area contributed by atoms with Crippen molar-refractivity contribution in [3.63, 3.8) is 0 Å². The van der Waals surface area contributed by atoms with Crippen LogP contribution in [0.1, 0.15) is 17.5 Å². The Kier molecular flexibility index (Phi) is 3.51. The number of carboxylic acids is 1. The van der Waals surface area contributed by atoms with Crippen LogP contribution >= 0.6 is 0 Å². The summed E-state index contributed by atoms with van der Waals surface area (Å²) in [6.07, 6.45) is 0.533. The minimum Gasteiger partial charge on any atom is -0.550 e. The molecule has 0 atom stereocenters. The Hall–Kier alpha value is -1.51. The number of benzene rings is 1. The number of carbonyl (C=O) groups excluding carboxylic acids is 1. The molecule has 3 heteroatoms. The monoisotopic (exact) mass is 193 g/mol. The van der Waals surface area contributed by atoms with E-state index < -0.39 is 5.97 Å². The van der Waals surface area contributed by atoms with Crippen molar-refractivity contribution in [2.75, 3.05) is 7.11 Å². The SMILES string of the molecule is COc1cc(CCC(=O)[O-])ccc1C. The van der Waals surface area contributed by atoms with Crippen molar-refractivity contribution in [2.45, 2.75) is 19.8 Å². The van der Waals surface area contributed by atoms with E-state index in [9.17, 15) is 9.90 Å². The average molecular weight is 193 g/mol. The predicted molar refractivity (Wildman–Crippen MR) is 51.1 cm³/mol. The molecule has 0 aliphatic rings. The van der Waals surface area contributed by atoms with Crippen LogP contribution in [0, 0.1) is 6.92 Å². The van der Waals surface area contributed by atoms with E-state index in [4.69, 9.17) is 4.74 Å². The summed E-state index contributed by atoms with van der Waals surface area (Å²) < 4.78 is 5.13. The van der Waals surface area contributed by atoms with Gasteiger partial charge in [-0.15, -0.1) is 0 Å². The van der Waals surface area contributed by atoms with Gasteiger partial charge in [-0.3, -0.25) is 0 Å². The fourth-order valence-corrected chi connectivity index (χ4v) is 1.27. The van der Waals surface area contributed by atoms with E-state index in [0.29, 0.717) is 6.42 Å². The lowest BCUT2D eigenvalue weighted by Gasteiger charge is -2.07. The third-order valence-corrected chi connectivity index (χ3v) is 2.09. The molecule has 0 aliphatic heterocycles. The van der Waals surface area contributed by atoms with Gasteiger partial charge in [0.25, 0.3) is 0 Å². The fraction of sp³-hybridized carbons (Fsp3) is 0.364. The molecule has 0 bridgehead atoms. The Morgan fingerprint density at radius 3 is 2.79 bits per heavy atom. The molecule has 0 saturated heterocycles. The van der Waals surface area contributed by atoms with Crippen LogP contribution in [0.15, 0.2) is 18.2 Å². The van der Waals surface area contributed by atoms with Crippen LogP contribution < -0.4 is 9.84 Å². The van der Waals surface area contributed by atoms with Crippen molar-refractivity contribution in [1.29, 1.82) is 0 Å². The second kappa shape index (κ2) is 4.65. The standard InChI is InChI=1S/C11H14O3/c1-8-3-4-9(5-6-11(12)13)7-10(8)14-2/h3-4,7H,5-6H2,1-2H3,(H,12,13)/p-1. The van der Waals surface area contributed by atoms with Crippen molar-refractivity contribution in [3.8, 4) is 5.75 Å². The van der Waals surface area contributed by atoms with Crippen LogP contribution in [0.4, 0.5) is 0 Å². The molecule has 0 N–H and O–H groups in total. The molecule has 1 aromatic carbocycles. The molecule has 0 radical (unpaired) electrons. The Morgan fingerprint density at radius 1 is 1.50 bits per heavy atom. The van der Waals surface area contributed by atoms with E-state index in [2.05, 4.69) is 0 Å². The van der Waals surface area contributed by atoms with Gasteiger partial charge in [0.05, 0.1) is 7.11 Å². The summed E-state index contributed by atoms with van der Waals surface area (Å²) in [6, 6.07) is 5.68. The van der Waals surface area contributed by atoms with Gasteiger partial charge in [-0.1, -0.05) is 12.1 Å². The number of hydrogen-bond acceptors (Lipinski definition) is 3. The number of methoxy groups -OCH3 is 1. The number of aliphatic carboxylic acids is 1. The van der Waals surface area contributed by atoms with E-state index in [1.165, 1.54) is 0 Å². The second-order valence-electron chi connectivity index (χ2n) is 3.18. The van der Waals surface area contributed by atoms with Gasteiger partial charge in [0.1, 0.15) is 5.75 Å². The van der Waals surface area contributed by atoms with E-state index in [1.807, 2.05) is 25.1 Å². The average Bonchev–Trinajstić information content (AvgIpc) is 2.16. The molecule has 76 valence electrons. The van der Waals surface area contributed by atoms with Crippen molar-refractivity contribution in [2.24, 2.45) is 0 Å². The highest BCUT2D eigenvalue weighted by molar-refractivity contribution is 5.64. The maximum atomic E-state index is 10.3. The first kappa shape index (κ1) is 10.6. The summed E-state index contributed by atoms with van der Waals surface area (Å²) >= 11 is 0. The quantitative estimate of drug-likeness (QED) is 0.706. The van der Waals surface area contributed by atoms with E-state index in [0.717, 1.165) is 16.9 Å². The van der Waals surface area contributed by atoms with Gasteiger partial charge in [-0.25, -0.2) is 0 Å². The highest BCUT2D eigenvalue weighted by Gasteiger charge is 2.00. The Morgan fingerprint density at radius 2 is 2.21 bits per heavy atom. The largest absolute Gasteiger partial charge is 0.550 e. The first-order valence-corrected chi connectivity index (χ1v) is 4.47. The molecule has 1 rings (SSSR count). The normalized spacial score (nSPS) is 9.86. The van der Waals surface area contributed by atoms with Gasteiger partial charge in [-0.2, -0.15) is 0 Å². The third-order valence-electron chi connectivity index (χ3n) is 2.09. The fourth-order valence-electron chi connectivity index (χ4n) is 1.27. The zero-order valence-electron chi connectivity index (χ0n) is 8.37. The van der Waals surface area contributed by atoms with Crippen LogP contribution in [0.5, 0.6) is 5.75 Å². The van der Waals surface area contributed by atoms with Gasteiger partial charge in [0, 0.05) is 5.97 Å². The summed E-state index contributed by atoms with van der Waals surface area (Å²) in [7, 11) is 1.60. The molecule has 0 aliphatic carbocycles. The van der Waals surface area contributed by atoms with Crippen molar-refractivity contribution in [3.05, 3.63) is 29.3 Å². The van der Waals surface area contributed by atoms with E-state index in [1.54, 1.807) is 7.11 Å².